The van der Waals surface area contributed by atoms with E-state index in [1.54, 1.807) is 25.3 Å². The van der Waals surface area contributed by atoms with Crippen molar-refractivity contribution in [2.24, 2.45) is 5.92 Å². The first-order valence-corrected chi connectivity index (χ1v) is 9.23. The Balaban J connectivity index is 2.50. The van der Waals surface area contributed by atoms with Crippen LogP contribution in [0, 0.1) is 5.92 Å². The van der Waals surface area contributed by atoms with E-state index in [1.165, 1.54) is 0 Å². The molecule has 0 aliphatic heterocycles. The van der Waals surface area contributed by atoms with Gasteiger partial charge >= 0.3 is 12.1 Å². The molecule has 5 nitrogen and oxygen atoms in total. The zero-order valence-electron chi connectivity index (χ0n) is 16.2. The summed E-state index contributed by atoms with van der Waals surface area (Å²) < 4.78 is 45.6. The highest BCUT2D eigenvalue weighted by molar-refractivity contribution is 5.69. The van der Waals surface area contributed by atoms with Crippen molar-refractivity contribution in [1.29, 1.82) is 0 Å². The minimum atomic E-state index is -4.65. The summed E-state index contributed by atoms with van der Waals surface area (Å²) in [6.45, 7) is 3.56. The van der Waals surface area contributed by atoms with Crippen LogP contribution in [0.1, 0.15) is 44.4 Å². The molecule has 154 valence electrons. The molecule has 1 aromatic carbocycles. The second-order valence-electron chi connectivity index (χ2n) is 6.76. The molecule has 28 heavy (non-hydrogen) atoms. The molecule has 0 spiro atoms. The Morgan fingerprint density at radius 3 is 2.54 bits per heavy atom. The van der Waals surface area contributed by atoms with Crippen LogP contribution >= 0.6 is 0 Å². The number of halogens is 3. The van der Waals surface area contributed by atoms with Gasteiger partial charge in [-0.1, -0.05) is 33.1 Å². The zero-order valence-corrected chi connectivity index (χ0v) is 16.2. The molecule has 0 bridgehead atoms. The fourth-order valence-corrected chi connectivity index (χ4v) is 3.30. The smallest absolute Gasteiger partial charge is 0.435 e. The molecule has 8 heteroatoms. The van der Waals surface area contributed by atoms with Crippen molar-refractivity contribution in [3.63, 3.8) is 0 Å². The van der Waals surface area contributed by atoms with E-state index in [2.05, 4.69) is 18.9 Å². The zero-order chi connectivity index (χ0) is 20.9. The fraction of sp³-hybridized carbons (Fsp3) is 0.500. The van der Waals surface area contributed by atoms with Gasteiger partial charge in [-0.2, -0.15) is 18.3 Å². The average Bonchev–Trinajstić information content (AvgIpc) is 3.04. The molecule has 0 saturated carbocycles. The number of carboxylic acid groups (broad SMARTS) is 1. The second kappa shape index (κ2) is 9.12. The maximum Gasteiger partial charge on any atom is 0.435 e. The Hall–Kier alpha value is -2.51. The molecule has 1 unspecified atom stereocenters. The Labute approximate surface area is 162 Å². The predicted molar refractivity (Wildman–Crippen MR) is 99.2 cm³/mol. The van der Waals surface area contributed by atoms with Gasteiger partial charge in [-0.15, -0.1) is 0 Å². The number of rotatable bonds is 9. The predicted octanol–water partition coefficient (Wildman–Crippen LogP) is 5.03. The number of nitrogens with zero attached hydrogens (tertiary/aromatic N) is 2. The van der Waals surface area contributed by atoms with E-state index >= 15 is 0 Å². The van der Waals surface area contributed by atoms with Gasteiger partial charge in [-0.25, -0.2) is 0 Å². The number of carbonyl (C=O) groups is 1. The van der Waals surface area contributed by atoms with Gasteiger partial charge in [0.2, 0.25) is 0 Å². The van der Waals surface area contributed by atoms with Crippen LogP contribution in [0.15, 0.2) is 24.3 Å². The SMILES string of the molecule is CCCC(CC)Cc1cc(-c2cc(C(F)(F)F)nn2CC(=O)O)ccc1OC. The van der Waals surface area contributed by atoms with Gasteiger partial charge in [-0.3, -0.25) is 9.48 Å². The molecule has 2 rings (SSSR count). The molecule has 0 radical (unpaired) electrons. The quantitative estimate of drug-likeness (QED) is 0.643. The van der Waals surface area contributed by atoms with Crippen LogP contribution in [0.3, 0.4) is 0 Å². The van der Waals surface area contributed by atoms with Crippen LogP contribution in [0.25, 0.3) is 11.3 Å². The summed E-state index contributed by atoms with van der Waals surface area (Å²) >= 11 is 0. The molecule has 1 N–H and O–H groups in total. The molecule has 0 amide bonds. The van der Waals surface area contributed by atoms with Crippen molar-refractivity contribution >= 4 is 5.97 Å². The van der Waals surface area contributed by atoms with Crippen LogP contribution in [0.4, 0.5) is 13.2 Å². The van der Waals surface area contributed by atoms with Crippen molar-refractivity contribution in [2.75, 3.05) is 7.11 Å². The Kier molecular flexibility index (Phi) is 7.10. The van der Waals surface area contributed by atoms with Crippen molar-refractivity contribution < 1.29 is 27.8 Å². The first-order valence-electron chi connectivity index (χ1n) is 9.23. The Bertz CT molecular complexity index is 816. The third-order valence-corrected chi connectivity index (χ3v) is 4.71. The third-order valence-electron chi connectivity index (χ3n) is 4.71. The lowest BCUT2D eigenvalue weighted by Crippen LogP contribution is -2.13. The maximum atomic E-state index is 13.1. The number of aliphatic carboxylic acids is 1. The first kappa shape index (κ1) is 21.8. The number of benzene rings is 1. The van der Waals surface area contributed by atoms with Crippen molar-refractivity contribution in [1.82, 2.24) is 9.78 Å². The van der Waals surface area contributed by atoms with Crippen LogP contribution in [-0.4, -0.2) is 28.0 Å². The van der Waals surface area contributed by atoms with E-state index in [1.807, 2.05) is 0 Å². The summed E-state index contributed by atoms with van der Waals surface area (Å²) in [5.74, 6) is -0.164. The van der Waals surface area contributed by atoms with E-state index in [4.69, 9.17) is 9.84 Å². The normalized spacial score (nSPS) is 12.8. The minimum absolute atomic E-state index is 0.113. The fourth-order valence-electron chi connectivity index (χ4n) is 3.30. The molecule has 1 aromatic heterocycles. The van der Waals surface area contributed by atoms with Gasteiger partial charge in [0, 0.05) is 5.56 Å². The van der Waals surface area contributed by atoms with Crippen LogP contribution in [0.2, 0.25) is 0 Å². The van der Waals surface area contributed by atoms with E-state index in [0.29, 0.717) is 17.2 Å². The minimum Gasteiger partial charge on any atom is -0.496 e. The number of ether oxygens (including phenoxy) is 1. The number of aromatic nitrogens is 2. The molecule has 0 aliphatic carbocycles. The lowest BCUT2D eigenvalue weighted by atomic mass is 9.91. The van der Waals surface area contributed by atoms with Gasteiger partial charge in [0.25, 0.3) is 0 Å². The summed E-state index contributed by atoms with van der Waals surface area (Å²) in [5, 5.41) is 12.5. The molecular weight excluding hydrogens is 373 g/mol. The van der Waals surface area contributed by atoms with Crippen molar-refractivity contribution in [3.05, 3.63) is 35.5 Å². The second-order valence-corrected chi connectivity index (χ2v) is 6.76. The lowest BCUT2D eigenvalue weighted by Gasteiger charge is -2.17. The van der Waals surface area contributed by atoms with E-state index in [9.17, 15) is 18.0 Å². The van der Waals surface area contributed by atoms with E-state index in [0.717, 1.165) is 42.0 Å². The molecule has 1 heterocycles. The molecular formula is C20H25F3N2O3. The summed E-state index contributed by atoms with van der Waals surface area (Å²) in [5.41, 5.74) is 0.365. The Morgan fingerprint density at radius 2 is 2.00 bits per heavy atom. The number of methoxy groups -OCH3 is 1. The summed E-state index contributed by atoms with van der Waals surface area (Å²) in [6.07, 6.45) is -0.848. The van der Waals surface area contributed by atoms with E-state index < -0.39 is 24.4 Å². The molecule has 1 atom stereocenters. The largest absolute Gasteiger partial charge is 0.496 e. The van der Waals surface area contributed by atoms with Crippen LogP contribution in [0.5, 0.6) is 5.75 Å². The number of hydrogen-bond donors (Lipinski definition) is 1. The molecule has 0 saturated heterocycles. The molecule has 0 fully saturated rings. The highest BCUT2D eigenvalue weighted by Crippen LogP contribution is 2.34. The van der Waals surface area contributed by atoms with Crippen molar-refractivity contribution in [2.45, 2.75) is 52.3 Å². The van der Waals surface area contributed by atoms with Gasteiger partial charge in [0.15, 0.2) is 5.69 Å². The van der Waals surface area contributed by atoms with Gasteiger partial charge in [0.05, 0.1) is 12.8 Å². The Morgan fingerprint density at radius 1 is 1.29 bits per heavy atom. The van der Waals surface area contributed by atoms with Gasteiger partial charge in [-0.05, 0) is 42.2 Å². The summed E-state index contributed by atoms with van der Waals surface area (Å²) in [7, 11) is 1.55. The number of carboxylic acids is 1. The van der Waals surface area contributed by atoms with Gasteiger partial charge in [0.1, 0.15) is 12.3 Å². The van der Waals surface area contributed by atoms with Crippen LogP contribution in [-0.2, 0) is 23.9 Å². The number of hydrogen-bond acceptors (Lipinski definition) is 3. The topological polar surface area (TPSA) is 64.4 Å². The van der Waals surface area contributed by atoms with Crippen molar-refractivity contribution in [3.8, 4) is 17.0 Å². The third kappa shape index (κ3) is 5.27. The van der Waals surface area contributed by atoms with Gasteiger partial charge < -0.3 is 9.84 Å². The molecule has 0 aliphatic rings. The maximum absolute atomic E-state index is 13.1. The first-order chi connectivity index (χ1) is 13.2. The molecule has 2 aromatic rings. The highest BCUT2D eigenvalue weighted by atomic mass is 19.4. The number of alkyl halides is 3. The average molecular weight is 398 g/mol. The summed E-state index contributed by atoms with van der Waals surface area (Å²) in [6, 6.07) is 5.98. The monoisotopic (exact) mass is 398 g/mol. The standard InChI is InChI=1S/C20H25F3N2O3/c1-4-6-13(5-2)9-15-10-14(7-8-17(15)28-3)16-11-18(20(21,22)23)24-25(16)12-19(26)27/h7-8,10-11,13H,4-6,9,12H2,1-3H3,(H,26,27). The lowest BCUT2D eigenvalue weighted by molar-refractivity contribution is -0.143. The highest BCUT2D eigenvalue weighted by Gasteiger charge is 2.35. The van der Waals surface area contributed by atoms with Crippen LogP contribution < -0.4 is 4.74 Å². The summed E-state index contributed by atoms with van der Waals surface area (Å²) in [4.78, 5) is 11.1. The van der Waals surface area contributed by atoms with E-state index in [-0.39, 0.29) is 5.69 Å².